The SMILES string of the molecule is C=CC(=O)Nc1cc(Nc2cc(-c3ccc4cnn(C)c4c3)ncn2)c(OC)cc1N1CCN(CCOC)CC1. The quantitative estimate of drug-likeness (QED) is 0.290. The van der Waals surface area contributed by atoms with Gasteiger partial charge in [-0.25, -0.2) is 9.97 Å². The Morgan fingerprint density at radius 1 is 1.07 bits per heavy atom. The Labute approximate surface area is 233 Å². The Morgan fingerprint density at radius 2 is 1.90 bits per heavy atom. The van der Waals surface area contributed by atoms with Gasteiger partial charge in [0.2, 0.25) is 5.91 Å². The monoisotopic (exact) mass is 542 g/mol. The Hall–Kier alpha value is -4.48. The number of hydrogen-bond donors (Lipinski definition) is 2. The molecule has 0 saturated carbocycles. The van der Waals surface area contributed by atoms with Crippen LogP contribution in [0, 0.1) is 0 Å². The van der Waals surface area contributed by atoms with Crippen LogP contribution < -0.4 is 20.3 Å². The van der Waals surface area contributed by atoms with Gasteiger partial charge in [0.25, 0.3) is 0 Å². The first-order valence-electron chi connectivity index (χ1n) is 13.1. The van der Waals surface area contributed by atoms with Gasteiger partial charge in [0, 0.05) is 70.0 Å². The van der Waals surface area contributed by atoms with E-state index in [0.717, 1.165) is 60.6 Å². The van der Waals surface area contributed by atoms with Gasteiger partial charge in [-0.1, -0.05) is 18.7 Å². The Morgan fingerprint density at radius 3 is 2.65 bits per heavy atom. The lowest BCUT2D eigenvalue weighted by atomic mass is 10.1. The number of benzene rings is 2. The lowest BCUT2D eigenvalue weighted by molar-refractivity contribution is -0.111. The van der Waals surface area contributed by atoms with Crippen molar-refractivity contribution in [3.05, 3.63) is 61.6 Å². The van der Waals surface area contributed by atoms with Crippen LogP contribution >= 0.6 is 0 Å². The Balaban J connectivity index is 1.43. The number of nitrogens with one attached hydrogen (secondary N) is 2. The molecule has 11 nitrogen and oxygen atoms in total. The molecule has 0 spiro atoms. The van der Waals surface area contributed by atoms with Gasteiger partial charge in [0.05, 0.1) is 48.2 Å². The topological polar surface area (TPSA) is 110 Å². The molecule has 40 heavy (non-hydrogen) atoms. The molecule has 0 radical (unpaired) electrons. The van der Waals surface area contributed by atoms with Crippen molar-refractivity contribution in [2.75, 3.05) is 69.1 Å². The van der Waals surface area contributed by atoms with Crippen molar-refractivity contribution < 1.29 is 14.3 Å². The number of anilines is 4. The molecule has 1 fully saturated rings. The summed E-state index contributed by atoms with van der Waals surface area (Å²) in [7, 11) is 5.26. The standard InChI is InChI=1S/C29H34N8O3/c1-5-29(38)34-23-15-24(27(40-4)17-26(23)37-10-8-36(9-11-37)12-13-39-3)33-28-16-22(30-19-31-28)20-6-7-21-18-32-35(2)25(21)14-20/h5-7,14-19H,1,8-13H2,2-4H3,(H,34,38)(H,30,31,33). The molecule has 1 saturated heterocycles. The van der Waals surface area contributed by atoms with Crippen molar-refractivity contribution in [2.45, 2.75) is 0 Å². The molecular formula is C29H34N8O3. The zero-order chi connectivity index (χ0) is 28.1. The van der Waals surface area contributed by atoms with Gasteiger partial charge in [0.15, 0.2) is 0 Å². The summed E-state index contributed by atoms with van der Waals surface area (Å²) in [5, 5.41) is 11.7. The Kier molecular flexibility index (Phi) is 8.23. The average Bonchev–Trinajstić information content (AvgIpc) is 3.36. The van der Waals surface area contributed by atoms with Crippen LogP contribution in [0.25, 0.3) is 22.2 Å². The van der Waals surface area contributed by atoms with E-state index in [1.807, 2.05) is 48.3 Å². The normalized spacial score (nSPS) is 13.8. The second kappa shape index (κ2) is 12.1. The van der Waals surface area contributed by atoms with E-state index in [-0.39, 0.29) is 5.91 Å². The highest BCUT2D eigenvalue weighted by Crippen LogP contribution is 2.39. The molecule has 1 amide bonds. The second-order valence-electron chi connectivity index (χ2n) is 9.54. The van der Waals surface area contributed by atoms with E-state index in [1.54, 1.807) is 14.2 Å². The highest BCUT2D eigenvalue weighted by molar-refractivity contribution is 6.02. The summed E-state index contributed by atoms with van der Waals surface area (Å²) >= 11 is 0. The molecule has 4 aromatic rings. The molecule has 208 valence electrons. The van der Waals surface area contributed by atoms with Gasteiger partial charge in [0.1, 0.15) is 17.9 Å². The maximum absolute atomic E-state index is 12.4. The number of aromatic nitrogens is 4. The summed E-state index contributed by atoms with van der Waals surface area (Å²) in [6.45, 7) is 8.64. The predicted octanol–water partition coefficient (Wildman–Crippen LogP) is 3.68. The van der Waals surface area contributed by atoms with Crippen LogP contribution in [0.4, 0.5) is 22.9 Å². The lowest BCUT2D eigenvalue weighted by Gasteiger charge is -2.37. The van der Waals surface area contributed by atoms with Crippen molar-refractivity contribution >= 4 is 39.7 Å². The molecule has 0 bridgehead atoms. The van der Waals surface area contributed by atoms with Gasteiger partial charge in [-0.05, 0) is 18.2 Å². The molecule has 2 aromatic carbocycles. The molecule has 2 N–H and O–H groups in total. The van der Waals surface area contributed by atoms with Crippen LogP contribution in [-0.4, -0.2) is 84.1 Å². The molecule has 0 atom stereocenters. The summed E-state index contributed by atoms with van der Waals surface area (Å²) in [6.07, 6.45) is 4.63. The highest BCUT2D eigenvalue weighted by Gasteiger charge is 2.22. The number of piperazine rings is 1. The molecule has 0 unspecified atom stereocenters. The third kappa shape index (κ3) is 5.90. The van der Waals surface area contributed by atoms with Gasteiger partial charge < -0.3 is 25.0 Å². The summed E-state index contributed by atoms with van der Waals surface area (Å²) in [4.78, 5) is 25.9. The minimum atomic E-state index is -0.286. The van der Waals surface area contributed by atoms with Crippen molar-refractivity contribution in [1.82, 2.24) is 24.6 Å². The number of hydrogen-bond acceptors (Lipinski definition) is 9. The third-order valence-corrected chi connectivity index (χ3v) is 7.06. The number of amides is 1. The lowest BCUT2D eigenvalue weighted by Crippen LogP contribution is -2.47. The smallest absolute Gasteiger partial charge is 0.247 e. The first kappa shape index (κ1) is 27.1. The second-order valence-corrected chi connectivity index (χ2v) is 9.54. The van der Waals surface area contributed by atoms with E-state index >= 15 is 0 Å². The van der Waals surface area contributed by atoms with Crippen LogP contribution in [0.5, 0.6) is 5.75 Å². The number of fused-ring (bicyclic) bond motifs is 1. The van der Waals surface area contributed by atoms with E-state index in [1.165, 1.54) is 12.4 Å². The van der Waals surface area contributed by atoms with Gasteiger partial charge in [-0.3, -0.25) is 14.4 Å². The minimum Gasteiger partial charge on any atom is -0.494 e. The molecule has 2 aromatic heterocycles. The Bertz CT molecular complexity index is 1510. The first-order valence-corrected chi connectivity index (χ1v) is 13.1. The molecule has 3 heterocycles. The molecule has 5 rings (SSSR count). The molecule has 1 aliphatic heterocycles. The number of rotatable bonds is 10. The van der Waals surface area contributed by atoms with E-state index in [9.17, 15) is 4.79 Å². The number of methoxy groups -OCH3 is 2. The molecule has 0 aliphatic carbocycles. The maximum Gasteiger partial charge on any atom is 0.247 e. The maximum atomic E-state index is 12.4. The summed E-state index contributed by atoms with van der Waals surface area (Å²) in [5.41, 5.74) is 4.95. The zero-order valence-corrected chi connectivity index (χ0v) is 23.1. The molecule has 1 aliphatic rings. The van der Waals surface area contributed by atoms with Gasteiger partial charge in [-0.2, -0.15) is 5.10 Å². The third-order valence-electron chi connectivity index (χ3n) is 7.06. The predicted molar refractivity (Wildman–Crippen MR) is 157 cm³/mol. The van der Waals surface area contributed by atoms with E-state index in [0.29, 0.717) is 29.5 Å². The van der Waals surface area contributed by atoms with E-state index in [4.69, 9.17) is 9.47 Å². The summed E-state index contributed by atoms with van der Waals surface area (Å²) < 4.78 is 12.8. The number of carbonyl (C=O) groups is 1. The fourth-order valence-electron chi connectivity index (χ4n) is 4.84. The van der Waals surface area contributed by atoms with Crippen molar-refractivity contribution in [3.8, 4) is 17.0 Å². The van der Waals surface area contributed by atoms with E-state index < -0.39 is 0 Å². The average molecular weight is 543 g/mol. The molecule has 11 heteroatoms. The van der Waals surface area contributed by atoms with Crippen LogP contribution in [0.3, 0.4) is 0 Å². The molecular weight excluding hydrogens is 508 g/mol. The van der Waals surface area contributed by atoms with Crippen molar-refractivity contribution in [2.24, 2.45) is 7.05 Å². The van der Waals surface area contributed by atoms with Gasteiger partial charge in [-0.15, -0.1) is 0 Å². The van der Waals surface area contributed by atoms with Crippen LogP contribution in [0.15, 0.2) is 61.6 Å². The number of nitrogens with zero attached hydrogens (tertiary/aromatic N) is 6. The van der Waals surface area contributed by atoms with Gasteiger partial charge >= 0.3 is 0 Å². The first-order chi connectivity index (χ1) is 19.5. The largest absolute Gasteiger partial charge is 0.494 e. The van der Waals surface area contributed by atoms with Crippen LogP contribution in [0.2, 0.25) is 0 Å². The van der Waals surface area contributed by atoms with Crippen LogP contribution in [-0.2, 0) is 16.6 Å². The zero-order valence-electron chi connectivity index (χ0n) is 23.1. The van der Waals surface area contributed by atoms with Crippen LogP contribution in [0.1, 0.15) is 0 Å². The van der Waals surface area contributed by atoms with E-state index in [2.05, 4.69) is 48.1 Å². The fourth-order valence-corrected chi connectivity index (χ4v) is 4.84. The van der Waals surface area contributed by atoms with Crippen molar-refractivity contribution in [3.63, 3.8) is 0 Å². The number of aryl methyl sites for hydroxylation is 1. The minimum absolute atomic E-state index is 0.286. The highest BCUT2D eigenvalue weighted by atomic mass is 16.5. The van der Waals surface area contributed by atoms with Crippen molar-refractivity contribution in [1.29, 1.82) is 0 Å². The number of ether oxygens (including phenoxy) is 2. The number of carbonyl (C=O) groups excluding carboxylic acids is 1. The summed E-state index contributed by atoms with van der Waals surface area (Å²) in [6, 6.07) is 11.8. The summed E-state index contributed by atoms with van der Waals surface area (Å²) in [5.74, 6) is 0.935. The fraction of sp³-hybridized carbons (Fsp3) is 0.310.